The number of ether oxygens (including phenoxy) is 1. The van der Waals surface area contributed by atoms with Gasteiger partial charge in [-0.15, -0.1) is 0 Å². The molecule has 0 spiro atoms. The van der Waals surface area contributed by atoms with E-state index in [9.17, 15) is 0 Å². The van der Waals surface area contributed by atoms with Gasteiger partial charge in [0, 0.05) is 18.3 Å². The van der Waals surface area contributed by atoms with Gasteiger partial charge in [0.25, 0.3) is 0 Å². The highest BCUT2D eigenvalue weighted by Gasteiger charge is 2.17. The summed E-state index contributed by atoms with van der Waals surface area (Å²) in [6.45, 7) is 2.09. The zero-order valence-corrected chi connectivity index (χ0v) is 10.4. The number of nitrogens with zero attached hydrogens (tertiary/aromatic N) is 3. The summed E-state index contributed by atoms with van der Waals surface area (Å²) in [6.07, 6.45) is 1.64. The molecule has 0 bridgehead atoms. The van der Waals surface area contributed by atoms with Gasteiger partial charge in [0.05, 0.1) is 12.2 Å². The quantitative estimate of drug-likeness (QED) is 0.780. The van der Waals surface area contributed by atoms with Gasteiger partial charge in [-0.1, -0.05) is 18.2 Å². The molecule has 1 aromatic carbocycles. The average Bonchev–Trinajstić information content (AvgIpc) is 2.69. The van der Waals surface area contributed by atoms with Crippen molar-refractivity contribution in [2.24, 2.45) is 0 Å². The largest absolute Gasteiger partial charge is 0.491 e. The Kier molecular flexibility index (Phi) is 3.03. The van der Waals surface area contributed by atoms with E-state index >= 15 is 0 Å². The highest BCUT2D eigenvalue weighted by molar-refractivity contribution is 5.56. The van der Waals surface area contributed by atoms with Gasteiger partial charge in [0.1, 0.15) is 18.4 Å². The molecule has 19 heavy (non-hydrogen) atoms. The van der Waals surface area contributed by atoms with Crippen LogP contribution in [-0.2, 0) is 6.54 Å². The van der Waals surface area contributed by atoms with E-state index in [1.54, 1.807) is 6.20 Å². The van der Waals surface area contributed by atoms with E-state index in [4.69, 9.17) is 10.00 Å². The van der Waals surface area contributed by atoms with Crippen LogP contribution in [0, 0.1) is 11.3 Å². The number of hydrogen-bond acceptors (Lipinski definition) is 4. The summed E-state index contributed by atoms with van der Waals surface area (Å²) in [7, 11) is 0. The van der Waals surface area contributed by atoms with Gasteiger partial charge in [-0.3, -0.25) is 0 Å². The molecule has 0 saturated heterocycles. The molecule has 0 unspecified atom stereocenters. The van der Waals surface area contributed by atoms with Crippen molar-refractivity contribution >= 4 is 5.69 Å². The van der Waals surface area contributed by atoms with Gasteiger partial charge in [-0.05, 0) is 18.2 Å². The first-order valence-electron chi connectivity index (χ1n) is 6.19. The molecular weight excluding hydrogens is 238 g/mol. The van der Waals surface area contributed by atoms with Crippen molar-refractivity contribution < 1.29 is 4.74 Å². The molecule has 0 aliphatic carbocycles. The molecule has 4 heteroatoms. The summed E-state index contributed by atoms with van der Waals surface area (Å²) in [4.78, 5) is 6.25. The van der Waals surface area contributed by atoms with E-state index in [0.717, 1.165) is 30.1 Å². The number of rotatable bonds is 1. The summed E-state index contributed by atoms with van der Waals surface area (Å²) in [5, 5.41) is 9.14. The van der Waals surface area contributed by atoms with Crippen LogP contribution in [0.15, 0.2) is 42.6 Å². The van der Waals surface area contributed by atoms with Gasteiger partial charge in [-0.2, -0.15) is 5.26 Å². The highest BCUT2D eigenvalue weighted by atomic mass is 16.5. The Labute approximate surface area is 111 Å². The first-order chi connectivity index (χ1) is 9.38. The van der Waals surface area contributed by atoms with Crippen LogP contribution in [0.3, 0.4) is 0 Å². The Morgan fingerprint density at radius 2 is 2.11 bits per heavy atom. The zero-order chi connectivity index (χ0) is 13.1. The van der Waals surface area contributed by atoms with Crippen LogP contribution >= 0.6 is 0 Å². The second-order valence-corrected chi connectivity index (χ2v) is 4.36. The minimum absolute atomic E-state index is 0.460. The van der Waals surface area contributed by atoms with Crippen LogP contribution < -0.4 is 9.64 Å². The van der Waals surface area contributed by atoms with Crippen LogP contribution in [0.25, 0.3) is 0 Å². The van der Waals surface area contributed by atoms with E-state index in [-0.39, 0.29) is 0 Å². The number of fused-ring (bicyclic) bond motifs is 1. The van der Waals surface area contributed by atoms with E-state index in [0.29, 0.717) is 12.3 Å². The first kappa shape index (κ1) is 11.5. The molecule has 2 aromatic rings. The fourth-order valence-corrected chi connectivity index (χ4v) is 2.27. The predicted octanol–water partition coefficient (Wildman–Crippen LogP) is 2.35. The lowest BCUT2D eigenvalue weighted by Gasteiger charge is -2.22. The molecule has 94 valence electrons. The first-order valence-corrected chi connectivity index (χ1v) is 6.19. The summed E-state index contributed by atoms with van der Waals surface area (Å²) >= 11 is 0. The Morgan fingerprint density at radius 3 is 3.00 bits per heavy atom. The zero-order valence-electron chi connectivity index (χ0n) is 10.4. The Balaban J connectivity index is 1.97. The molecule has 1 aliphatic heterocycles. The summed E-state index contributed by atoms with van der Waals surface area (Å²) in [5.74, 6) is 0.924. The van der Waals surface area contributed by atoms with Crippen LogP contribution in [0.2, 0.25) is 0 Å². The van der Waals surface area contributed by atoms with Crippen LogP contribution in [0.5, 0.6) is 5.75 Å². The molecule has 4 nitrogen and oxygen atoms in total. The fraction of sp³-hybridized carbons (Fsp3) is 0.200. The number of nitriles is 1. The second kappa shape index (κ2) is 4.99. The van der Waals surface area contributed by atoms with Crippen molar-refractivity contribution in [1.82, 2.24) is 4.98 Å². The normalized spacial score (nSPS) is 13.9. The van der Waals surface area contributed by atoms with Crippen molar-refractivity contribution in [2.45, 2.75) is 6.54 Å². The molecule has 0 radical (unpaired) electrons. The topological polar surface area (TPSA) is 49.2 Å². The molecule has 2 heterocycles. The third kappa shape index (κ3) is 2.23. The molecule has 0 atom stereocenters. The molecule has 1 aliphatic rings. The Hall–Kier alpha value is -2.54. The Bertz CT molecular complexity index is 633. The van der Waals surface area contributed by atoms with Crippen molar-refractivity contribution in [2.75, 3.05) is 18.1 Å². The van der Waals surface area contributed by atoms with Crippen LogP contribution in [0.1, 0.15) is 11.3 Å². The van der Waals surface area contributed by atoms with Gasteiger partial charge in [0.15, 0.2) is 5.69 Å². The van der Waals surface area contributed by atoms with Gasteiger partial charge in [0.2, 0.25) is 0 Å². The lowest BCUT2D eigenvalue weighted by atomic mass is 10.1. The van der Waals surface area contributed by atoms with Gasteiger partial charge < -0.3 is 9.64 Å². The summed E-state index contributed by atoms with van der Waals surface area (Å²) in [6, 6.07) is 13.9. The molecule has 0 N–H and O–H groups in total. The van der Waals surface area contributed by atoms with E-state index in [2.05, 4.69) is 22.0 Å². The van der Waals surface area contributed by atoms with E-state index < -0.39 is 0 Å². The van der Waals surface area contributed by atoms with Crippen molar-refractivity contribution in [3.05, 3.63) is 53.9 Å². The standard InChI is InChI=1S/C15H13N3O/c16-10-13-14(5-3-7-17-13)18-8-9-19-15-6-2-1-4-12(15)11-18/h1-7H,8-9,11H2. The van der Waals surface area contributed by atoms with Crippen LogP contribution in [-0.4, -0.2) is 18.1 Å². The van der Waals surface area contributed by atoms with Gasteiger partial charge in [-0.25, -0.2) is 4.98 Å². The maximum atomic E-state index is 9.14. The number of benzene rings is 1. The Morgan fingerprint density at radius 1 is 1.21 bits per heavy atom. The van der Waals surface area contributed by atoms with Crippen molar-refractivity contribution in [3.8, 4) is 11.8 Å². The number of aromatic nitrogens is 1. The summed E-state index contributed by atoms with van der Waals surface area (Å²) in [5.41, 5.74) is 2.46. The minimum Gasteiger partial charge on any atom is -0.491 e. The van der Waals surface area contributed by atoms with Crippen molar-refractivity contribution in [3.63, 3.8) is 0 Å². The number of para-hydroxylation sites is 1. The molecule has 0 saturated carbocycles. The lowest BCUT2D eigenvalue weighted by Crippen LogP contribution is -2.26. The van der Waals surface area contributed by atoms with Crippen molar-refractivity contribution in [1.29, 1.82) is 5.26 Å². The van der Waals surface area contributed by atoms with Crippen LogP contribution in [0.4, 0.5) is 5.69 Å². The molecular formula is C15H13N3O. The monoisotopic (exact) mass is 251 g/mol. The molecule has 1 aromatic heterocycles. The average molecular weight is 251 g/mol. The fourth-order valence-electron chi connectivity index (χ4n) is 2.27. The SMILES string of the molecule is N#Cc1ncccc1N1CCOc2ccccc2C1. The number of pyridine rings is 1. The third-order valence-electron chi connectivity index (χ3n) is 3.19. The van der Waals surface area contributed by atoms with E-state index in [1.165, 1.54) is 0 Å². The minimum atomic E-state index is 0.460. The van der Waals surface area contributed by atoms with Gasteiger partial charge >= 0.3 is 0 Å². The smallest absolute Gasteiger partial charge is 0.163 e. The number of anilines is 1. The third-order valence-corrected chi connectivity index (χ3v) is 3.19. The molecule has 3 rings (SSSR count). The highest BCUT2D eigenvalue weighted by Crippen LogP contribution is 2.27. The lowest BCUT2D eigenvalue weighted by molar-refractivity contribution is 0.331. The maximum Gasteiger partial charge on any atom is 0.163 e. The van der Waals surface area contributed by atoms with E-state index in [1.807, 2.05) is 30.3 Å². The predicted molar refractivity (Wildman–Crippen MR) is 71.9 cm³/mol. The molecule has 0 amide bonds. The number of hydrogen-bond donors (Lipinski definition) is 0. The molecule has 0 fully saturated rings. The summed E-state index contributed by atoms with van der Waals surface area (Å²) < 4.78 is 5.73. The second-order valence-electron chi connectivity index (χ2n) is 4.36. The maximum absolute atomic E-state index is 9.14.